The van der Waals surface area contributed by atoms with Crippen LogP contribution in [0.2, 0.25) is 0 Å². The topological polar surface area (TPSA) is 66.8 Å². The summed E-state index contributed by atoms with van der Waals surface area (Å²) >= 11 is 0. The quantitative estimate of drug-likeness (QED) is 0.816. The molecule has 0 aromatic heterocycles. The number of methoxy groups -OCH3 is 1. The molecule has 1 unspecified atom stereocenters. The van der Waals surface area contributed by atoms with Crippen molar-refractivity contribution in [2.45, 2.75) is 18.8 Å². The number of hydrogen-bond donors (Lipinski definition) is 1. The maximum absolute atomic E-state index is 13.0. The van der Waals surface area contributed by atoms with E-state index in [2.05, 4.69) is 0 Å². The summed E-state index contributed by atoms with van der Waals surface area (Å²) in [4.78, 5) is 26.4. The lowest BCUT2D eigenvalue weighted by molar-refractivity contribution is -0.151. The van der Waals surface area contributed by atoms with Crippen molar-refractivity contribution < 1.29 is 19.4 Å². The number of amides is 1. The maximum Gasteiger partial charge on any atom is 0.313 e. The van der Waals surface area contributed by atoms with Gasteiger partial charge in [-0.2, -0.15) is 0 Å². The van der Waals surface area contributed by atoms with Crippen LogP contribution in [0.3, 0.4) is 0 Å². The normalized spacial score (nSPS) is 19.4. The highest BCUT2D eigenvalue weighted by atomic mass is 16.5. The first-order valence-corrected chi connectivity index (χ1v) is 9.16. The molecule has 1 N–H and O–H groups in total. The van der Waals surface area contributed by atoms with Crippen molar-refractivity contribution in [3.63, 3.8) is 0 Å². The SMILES string of the molecule is COCC1(C(=O)O)CCN(C(=O)CC(c2ccccc2)c2ccccc2)C1. The van der Waals surface area contributed by atoms with Gasteiger partial charge in [0.1, 0.15) is 5.41 Å². The van der Waals surface area contributed by atoms with Crippen LogP contribution in [0.5, 0.6) is 0 Å². The summed E-state index contributed by atoms with van der Waals surface area (Å²) in [7, 11) is 1.50. The third kappa shape index (κ3) is 4.19. The molecule has 5 heteroatoms. The predicted molar refractivity (Wildman–Crippen MR) is 102 cm³/mol. The molecule has 1 aliphatic rings. The Hall–Kier alpha value is -2.66. The van der Waals surface area contributed by atoms with E-state index in [9.17, 15) is 14.7 Å². The van der Waals surface area contributed by atoms with Gasteiger partial charge in [0.15, 0.2) is 0 Å². The molecule has 1 atom stereocenters. The number of carbonyl (C=O) groups excluding carboxylic acids is 1. The lowest BCUT2D eigenvalue weighted by Gasteiger charge is -2.25. The van der Waals surface area contributed by atoms with Crippen LogP contribution in [-0.2, 0) is 14.3 Å². The van der Waals surface area contributed by atoms with Crippen molar-refractivity contribution >= 4 is 11.9 Å². The second-order valence-electron chi connectivity index (χ2n) is 7.16. The number of carboxylic acid groups (broad SMARTS) is 1. The molecule has 142 valence electrons. The van der Waals surface area contributed by atoms with Gasteiger partial charge in [0.2, 0.25) is 5.91 Å². The van der Waals surface area contributed by atoms with E-state index in [1.54, 1.807) is 4.90 Å². The summed E-state index contributed by atoms with van der Waals surface area (Å²) in [6.07, 6.45) is 0.736. The van der Waals surface area contributed by atoms with Crippen molar-refractivity contribution in [2.75, 3.05) is 26.8 Å². The fourth-order valence-electron chi connectivity index (χ4n) is 3.82. The third-order valence-electron chi connectivity index (χ3n) is 5.36. The Labute approximate surface area is 159 Å². The van der Waals surface area contributed by atoms with Gasteiger partial charge in [0.05, 0.1) is 6.61 Å². The van der Waals surface area contributed by atoms with Crippen LogP contribution in [0, 0.1) is 5.41 Å². The van der Waals surface area contributed by atoms with Gasteiger partial charge in [-0.1, -0.05) is 60.7 Å². The zero-order valence-corrected chi connectivity index (χ0v) is 15.5. The summed E-state index contributed by atoms with van der Waals surface area (Å²) < 4.78 is 5.12. The van der Waals surface area contributed by atoms with Gasteiger partial charge in [-0.3, -0.25) is 9.59 Å². The minimum absolute atomic E-state index is 0.0214. The molecule has 27 heavy (non-hydrogen) atoms. The molecule has 1 fully saturated rings. The Morgan fingerprint density at radius 1 is 1.07 bits per heavy atom. The Kier molecular flexibility index (Phi) is 5.91. The molecule has 1 amide bonds. The summed E-state index contributed by atoms with van der Waals surface area (Å²) in [6.45, 7) is 0.767. The Morgan fingerprint density at radius 3 is 2.11 bits per heavy atom. The van der Waals surface area contributed by atoms with Crippen LogP contribution in [0.25, 0.3) is 0 Å². The van der Waals surface area contributed by atoms with Crippen LogP contribution in [0.15, 0.2) is 60.7 Å². The van der Waals surface area contributed by atoms with Gasteiger partial charge in [0.25, 0.3) is 0 Å². The standard InChI is InChI=1S/C22H25NO4/c1-27-16-22(21(25)26)12-13-23(15-22)20(24)14-19(17-8-4-2-5-9-17)18-10-6-3-7-11-18/h2-11,19H,12-16H2,1H3,(H,25,26). The number of carboxylic acids is 1. The van der Waals surface area contributed by atoms with Gasteiger partial charge < -0.3 is 14.7 Å². The van der Waals surface area contributed by atoms with Crippen molar-refractivity contribution in [2.24, 2.45) is 5.41 Å². The van der Waals surface area contributed by atoms with Crippen molar-refractivity contribution in [3.05, 3.63) is 71.8 Å². The molecule has 0 spiro atoms. The summed E-state index contributed by atoms with van der Waals surface area (Å²) in [5, 5.41) is 9.61. The summed E-state index contributed by atoms with van der Waals surface area (Å²) in [5.74, 6) is -0.976. The van der Waals surface area contributed by atoms with Gasteiger partial charge in [-0.25, -0.2) is 0 Å². The number of aliphatic carboxylic acids is 1. The summed E-state index contributed by atoms with van der Waals surface area (Å²) in [6, 6.07) is 19.9. The monoisotopic (exact) mass is 367 g/mol. The van der Waals surface area contributed by atoms with Gasteiger partial charge in [0, 0.05) is 32.5 Å². The zero-order valence-electron chi connectivity index (χ0n) is 15.5. The molecule has 1 heterocycles. The number of rotatable bonds is 7. The largest absolute Gasteiger partial charge is 0.481 e. The van der Waals surface area contributed by atoms with Crippen LogP contribution in [-0.4, -0.2) is 48.7 Å². The Balaban J connectivity index is 1.79. The lowest BCUT2D eigenvalue weighted by atomic mass is 9.87. The van der Waals surface area contributed by atoms with Crippen LogP contribution in [0.4, 0.5) is 0 Å². The van der Waals surface area contributed by atoms with E-state index in [1.807, 2.05) is 60.7 Å². The fraction of sp³-hybridized carbons (Fsp3) is 0.364. The van der Waals surface area contributed by atoms with E-state index < -0.39 is 11.4 Å². The molecule has 2 aromatic rings. The average Bonchev–Trinajstić information content (AvgIpc) is 3.13. The smallest absolute Gasteiger partial charge is 0.313 e. The molecule has 0 radical (unpaired) electrons. The zero-order chi connectivity index (χ0) is 19.3. The van der Waals surface area contributed by atoms with E-state index >= 15 is 0 Å². The van der Waals surface area contributed by atoms with E-state index in [1.165, 1.54) is 7.11 Å². The van der Waals surface area contributed by atoms with E-state index in [-0.39, 0.29) is 25.0 Å². The number of benzene rings is 2. The van der Waals surface area contributed by atoms with Crippen molar-refractivity contribution in [1.82, 2.24) is 4.90 Å². The molecular formula is C22H25NO4. The van der Waals surface area contributed by atoms with Crippen molar-refractivity contribution in [1.29, 1.82) is 0 Å². The number of carbonyl (C=O) groups is 2. The van der Waals surface area contributed by atoms with Gasteiger partial charge in [-0.05, 0) is 17.5 Å². The molecule has 0 aliphatic carbocycles. The summed E-state index contributed by atoms with van der Waals surface area (Å²) in [5.41, 5.74) is 1.16. The first-order valence-electron chi connectivity index (χ1n) is 9.16. The highest BCUT2D eigenvalue weighted by Gasteiger charge is 2.46. The predicted octanol–water partition coefficient (Wildman–Crippen LogP) is 3.16. The van der Waals surface area contributed by atoms with Crippen LogP contribution >= 0.6 is 0 Å². The Morgan fingerprint density at radius 2 is 1.63 bits per heavy atom. The maximum atomic E-state index is 13.0. The molecule has 5 nitrogen and oxygen atoms in total. The van der Waals surface area contributed by atoms with Crippen molar-refractivity contribution in [3.8, 4) is 0 Å². The molecule has 2 aromatic carbocycles. The molecular weight excluding hydrogens is 342 g/mol. The lowest BCUT2D eigenvalue weighted by Crippen LogP contribution is -2.40. The minimum Gasteiger partial charge on any atom is -0.481 e. The fourth-order valence-corrected chi connectivity index (χ4v) is 3.82. The first kappa shape index (κ1) is 19.1. The van der Waals surface area contributed by atoms with E-state index in [0.717, 1.165) is 11.1 Å². The molecule has 1 aliphatic heterocycles. The van der Waals surface area contributed by atoms with Gasteiger partial charge >= 0.3 is 5.97 Å². The Bertz CT molecular complexity index is 738. The number of hydrogen-bond acceptors (Lipinski definition) is 3. The van der Waals surface area contributed by atoms with Gasteiger partial charge in [-0.15, -0.1) is 0 Å². The molecule has 0 saturated carbocycles. The van der Waals surface area contributed by atoms with E-state index in [0.29, 0.717) is 19.4 Å². The number of ether oxygens (including phenoxy) is 1. The van der Waals surface area contributed by atoms with Crippen LogP contribution < -0.4 is 0 Å². The minimum atomic E-state index is -1.00. The highest BCUT2D eigenvalue weighted by molar-refractivity contribution is 5.81. The molecule has 0 bridgehead atoms. The molecule has 1 saturated heterocycles. The number of nitrogens with zero attached hydrogens (tertiary/aromatic N) is 1. The second-order valence-corrected chi connectivity index (χ2v) is 7.16. The second kappa shape index (κ2) is 8.35. The average molecular weight is 367 g/mol. The third-order valence-corrected chi connectivity index (χ3v) is 5.36. The van der Waals surface area contributed by atoms with E-state index in [4.69, 9.17) is 4.74 Å². The van der Waals surface area contributed by atoms with Crippen LogP contribution in [0.1, 0.15) is 29.9 Å². The first-order chi connectivity index (χ1) is 13.1. The highest BCUT2D eigenvalue weighted by Crippen LogP contribution is 2.34. The number of likely N-dealkylation sites (tertiary alicyclic amines) is 1. The molecule has 3 rings (SSSR count).